The van der Waals surface area contributed by atoms with Gasteiger partial charge in [-0.2, -0.15) is 0 Å². The van der Waals surface area contributed by atoms with Crippen LogP contribution in [0.1, 0.15) is 60.5 Å². The maximum Gasteiger partial charge on any atom is 0.305 e. The van der Waals surface area contributed by atoms with E-state index in [1.54, 1.807) is 12.1 Å². The molecule has 0 bridgehead atoms. The van der Waals surface area contributed by atoms with Crippen LogP contribution in [0.3, 0.4) is 0 Å². The molecule has 1 atom stereocenters. The van der Waals surface area contributed by atoms with Crippen LogP contribution >= 0.6 is 0 Å². The van der Waals surface area contributed by atoms with Gasteiger partial charge in [0.1, 0.15) is 17.3 Å². The lowest BCUT2D eigenvalue weighted by Gasteiger charge is -2.24. The second-order valence-electron chi connectivity index (χ2n) is 10.6. The molecule has 1 aliphatic carbocycles. The third-order valence-corrected chi connectivity index (χ3v) is 7.82. The maximum absolute atomic E-state index is 13.7. The van der Waals surface area contributed by atoms with Crippen LogP contribution in [0, 0.1) is 5.82 Å². The third-order valence-electron chi connectivity index (χ3n) is 7.82. The van der Waals surface area contributed by atoms with Gasteiger partial charge in [0.05, 0.1) is 18.0 Å². The molecule has 1 fully saturated rings. The quantitative estimate of drug-likeness (QED) is 0.194. The summed E-state index contributed by atoms with van der Waals surface area (Å²) in [6.07, 6.45) is 7.26. The van der Waals surface area contributed by atoms with Crippen molar-refractivity contribution in [1.29, 1.82) is 0 Å². The number of hydrogen-bond donors (Lipinski definition) is 3. The molecule has 7 nitrogen and oxygen atoms in total. The number of halogens is 1. The number of aliphatic carboxylic acids is 1. The van der Waals surface area contributed by atoms with E-state index in [9.17, 15) is 19.1 Å². The van der Waals surface area contributed by atoms with Crippen LogP contribution in [0.4, 0.5) is 10.2 Å². The van der Waals surface area contributed by atoms with Crippen molar-refractivity contribution in [2.75, 3.05) is 5.32 Å². The molecular weight excluding hydrogens is 519 g/mol. The first-order valence-electron chi connectivity index (χ1n) is 14.0. The molecule has 2 heterocycles. The number of carbonyl (C=O) groups excluding carboxylic acids is 1. The van der Waals surface area contributed by atoms with E-state index in [1.807, 2.05) is 28.8 Å². The van der Waals surface area contributed by atoms with Crippen LogP contribution in [0.2, 0.25) is 0 Å². The zero-order chi connectivity index (χ0) is 28.3. The molecule has 0 radical (unpaired) electrons. The minimum absolute atomic E-state index is 0.304. The van der Waals surface area contributed by atoms with Gasteiger partial charge in [0.2, 0.25) is 0 Å². The summed E-state index contributed by atoms with van der Waals surface area (Å²) in [5.74, 6) is -1.13. The molecule has 1 unspecified atom stereocenters. The zero-order valence-corrected chi connectivity index (χ0v) is 22.5. The van der Waals surface area contributed by atoms with Gasteiger partial charge < -0.3 is 15.7 Å². The maximum atomic E-state index is 13.7. The largest absolute Gasteiger partial charge is 0.481 e. The normalized spacial score (nSPS) is 14.7. The fourth-order valence-corrected chi connectivity index (χ4v) is 5.72. The van der Waals surface area contributed by atoms with Crippen molar-refractivity contribution in [3.8, 4) is 11.3 Å². The molecular formula is C33H31FN4O3. The van der Waals surface area contributed by atoms with Crippen molar-refractivity contribution in [2.24, 2.45) is 0 Å². The van der Waals surface area contributed by atoms with Gasteiger partial charge in [-0.3, -0.25) is 14.0 Å². The molecule has 8 heteroatoms. The highest BCUT2D eigenvalue weighted by Gasteiger charge is 2.25. The Morgan fingerprint density at radius 2 is 1.71 bits per heavy atom. The number of pyridine rings is 1. The predicted molar refractivity (Wildman–Crippen MR) is 157 cm³/mol. The number of nitrogens with one attached hydrogen (secondary N) is 2. The fourth-order valence-electron chi connectivity index (χ4n) is 5.72. The van der Waals surface area contributed by atoms with E-state index in [1.165, 1.54) is 43.5 Å². The van der Waals surface area contributed by atoms with Gasteiger partial charge in [0, 0.05) is 17.8 Å². The second kappa shape index (κ2) is 11.4. The summed E-state index contributed by atoms with van der Waals surface area (Å²) in [4.78, 5) is 30.3. The number of rotatable bonds is 8. The Bertz CT molecular complexity index is 1720. The summed E-state index contributed by atoms with van der Waals surface area (Å²) in [5, 5.41) is 18.3. The molecule has 0 aliphatic heterocycles. The number of hydrogen-bond acceptors (Lipinski definition) is 4. The summed E-state index contributed by atoms with van der Waals surface area (Å²) in [5.41, 5.74) is 2.99. The van der Waals surface area contributed by atoms with Gasteiger partial charge in [-0.15, -0.1) is 0 Å². The first-order valence-corrected chi connectivity index (χ1v) is 14.0. The highest BCUT2D eigenvalue weighted by atomic mass is 19.1. The fraction of sp³-hybridized carbons (Fsp3) is 0.242. The monoisotopic (exact) mass is 550 g/mol. The topological polar surface area (TPSA) is 95.7 Å². The number of carbonyl (C=O) groups is 2. The van der Waals surface area contributed by atoms with Gasteiger partial charge in [0.15, 0.2) is 5.65 Å². The third kappa shape index (κ3) is 5.63. The molecule has 6 rings (SSSR count). The Morgan fingerprint density at radius 1 is 0.951 bits per heavy atom. The standard InChI is InChI=1S/C33H31FN4O3/c34-25-16-14-22(15-17-25)28(20-29(39)40)36-33(41)27-11-6-18-38-31(27)37-30(32(38)35-26-9-2-1-3-10-26)24-13-12-21-7-4-5-8-23(21)19-24/h4-8,11-19,26,28,35H,1-3,9-10,20H2,(H,36,41)(H,39,40). The number of carboxylic acid groups (broad SMARTS) is 1. The lowest BCUT2D eigenvalue weighted by Crippen LogP contribution is -2.30. The van der Waals surface area contributed by atoms with Crippen molar-refractivity contribution < 1.29 is 19.1 Å². The number of amides is 1. The van der Waals surface area contributed by atoms with Crippen molar-refractivity contribution in [1.82, 2.24) is 14.7 Å². The molecule has 1 amide bonds. The van der Waals surface area contributed by atoms with Crippen molar-refractivity contribution >= 4 is 34.1 Å². The molecule has 1 saturated carbocycles. The average molecular weight is 551 g/mol. The molecule has 3 aromatic carbocycles. The molecule has 2 aromatic heterocycles. The van der Waals surface area contributed by atoms with Crippen LogP contribution in [0.25, 0.3) is 27.7 Å². The highest BCUT2D eigenvalue weighted by molar-refractivity contribution is 6.01. The smallest absolute Gasteiger partial charge is 0.305 e. The number of aromatic nitrogens is 2. The Kier molecular flexibility index (Phi) is 7.37. The summed E-state index contributed by atoms with van der Waals surface area (Å²) < 4.78 is 15.4. The summed E-state index contributed by atoms with van der Waals surface area (Å²) in [6, 6.07) is 22.8. The van der Waals surface area contributed by atoms with Crippen molar-refractivity contribution in [3.05, 3.63) is 102 Å². The zero-order valence-electron chi connectivity index (χ0n) is 22.5. The Morgan fingerprint density at radius 3 is 2.46 bits per heavy atom. The number of imidazole rings is 1. The van der Waals surface area contributed by atoms with Gasteiger partial charge in [-0.1, -0.05) is 67.8 Å². The molecule has 5 aromatic rings. The first kappa shape index (κ1) is 26.5. The van der Waals surface area contributed by atoms with Crippen LogP contribution in [-0.4, -0.2) is 32.4 Å². The van der Waals surface area contributed by atoms with E-state index in [2.05, 4.69) is 34.9 Å². The lowest BCUT2D eigenvalue weighted by molar-refractivity contribution is -0.137. The molecule has 0 saturated heterocycles. The SMILES string of the molecule is O=C(O)CC(NC(=O)c1cccn2c(NC3CCCCC3)c(-c3ccc4ccccc4c3)nc12)c1ccc(F)cc1. The number of carboxylic acids is 1. The minimum atomic E-state index is -1.07. The predicted octanol–water partition coefficient (Wildman–Crippen LogP) is 6.98. The van der Waals surface area contributed by atoms with Crippen molar-refractivity contribution in [3.63, 3.8) is 0 Å². The Hall–Kier alpha value is -4.72. The van der Waals surface area contributed by atoms with Crippen molar-refractivity contribution in [2.45, 2.75) is 50.6 Å². The molecule has 208 valence electrons. The summed E-state index contributed by atoms with van der Waals surface area (Å²) >= 11 is 0. The lowest BCUT2D eigenvalue weighted by atomic mass is 9.95. The number of anilines is 1. The van der Waals surface area contributed by atoms with E-state index >= 15 is 0 Å². The second-order valence-corrected chi connectivity index (χ2v) is 10.6. The summed E-state index contributed by atoms with van der Waals surface area (Å²) in [6.45, 7) is 0. The van der Waals surface area contributed by atoms with Gasteiger partial charge in [0.25, 0.3) is 5.91 Å². The average Bonchev–Trinajstić information content (AvgIpc) is 3.35. The highest BCUT2D eigenvalue weighted by Crippen LogP contribution is 2.34. The Labute approximate surface area is 237 Å². The number of benzene rings is 3. The van der Waals surface area contributed by atoms with E-state index in [-0.39, 0.29) is 6.42 Å². The molecule has 41 heavy (non-hydrogen) atoms. The van der Waals surface area contributed by atoms with E-state index < -0.39 is 23.7 Å². The van der Waals surface area contributed by atoms with Gasteiger partial charge in [-0.05, 0) is 59.5 Å². The number of nitrogens with zero attached hydrogens (tertiary/aromatic N) is 2. The van der Waals surface area contributed by atoms with Crippen LogP contribution in [0.5, 0.6) is 0 Å². The number of fused-ring (bicyclic) bond motifs is 2. The summed E-state index contributed by atoms with van der Waals surface area (Å²) in [7, 11) is 0. The molecule has 1 aliphatic rings. The van der Waals surface area contributed by atoms with Crippen LogP contribution in [-0.2, 0) is 4.79 Å². The van der Waals surface area contributed by atoms with Crippen LogP contribution < -0.4 is 10.6 Å². The molecule has 3 N–H and O–H groups in total. The van der Waals surface area contributed by atoms with E-state index in [0.717, 1.165) is 40.7 Å². The van der Waals surface area contributed by atoms with E-state index in [0.29, 0.717) is 22.8 Å². The minimum Gasteiger partial charge on any atom is -0.481 e. The van der Waals surface area contributed by atoms with E-state index in [4.69, 9.17) is 4.98 Å². The first-order chi connectivity index (χ1) is 20.0. The van der Waals surface area contributed by atoms with Gasteiger partial charge >= 0.3 is 5.97 Å². The van der Waals surface area contributed by atoms with Crippen LogP contribution in [0.15, 0.2) is 85.1 Å². The molecule has 0 spiro atoms. The van der Waals surface area contributed by atoms with Gasteiger partial charge in [-0.25, -0.2) is 9.37 Å². The Balaban J connectivity index is 1.42.